The summed E-state index contributed by atoms with van der Waals surface area (Å²) in [6, 6.07) is 0. The predicted octanol–water partition coefficient (Wildman–Crippen LogP) is 5.27. The summed E-state index contributed by atoms with van der Waals surface area (Å²) >= 11 is 1.56. The van der Waals surface area contributed by atoms with Gasteiger partial charge in [-0.25, -0.2) is 4.98 Å². The van der Waals surface area contributed by atoms with Crippen molar-refractivity contribution in [2.75, 3.05) is 0 Å². The molecule has 0 bridgehead atoms. The van der Waals surface area contributed by atoms with Crippen LogP contribution in [0.3, 0.4) is 0 Å². The van der Waals surface area contributed by atoms with Crippen LogP contribution < -0.4 is 0 Å². The third kappa shape index (κ3) is 7.59. The van der Waals surface area contributed by atoms with Crippen molar-refractivity contribution < 1.29 is 24.5 Å². The van der Waals surface area contributed by atoms with E-state index >= 15 is 0 Å². The zero-order valence-corrected chi connectivity index (χ0v) is 22.4. The summed E-state index contributed by atoms with van der Waals surface area (Å²) in [4.78, 5) is 30.5. The van der Waals surface area contributed by atoms with E-state index in [-0.39, 0.29) is 18.1 Å². The lowest BCUT2D eigenvalue weighted by molar-refractivity contribution is -0.154. The van der Waals surface area contributed by atoms with Crippen LogP contribution in [0.15, 0.2) is 22.6 Å². The standard InChI is InChI=1S/C27H41NO5S/c1-16-10-8-9-11-17(2)25(31)19(4)26(32)27(6,7)23(29)14-24(30)33-22(12-16)18(3)13-21-15-34-20(5)28-21/h10,13,15,17,19,22-23,25,29,31H,8-9,11-12,14H2,1-7H3/b16-10-,18-13+. The fourth-order valence-corrected chi connectivity index (χ4v) is 4.99. The molecule has 190 valence electrons. The van der Waals surface area contributed by atoms with Crippen molar-refractivity contribution in [3.8, 4) is 0 Å². The molecule has 0 saturated carbocycles. The first-order valence-corrected chi connectivity index (χ1v) is 13.1. The molecule has 1 aliphatic rings. The summed E-state index contributed by atoms with van der Waals surface area (Å²) < 4.78 is 5.83. The number of rotatable bonds is 2. The first-order chi connectivity index (χ1) is 15.8. The number of ether oxygens (including phenoxy) is 1. The van der Waals surface area contributed by atoms with Crippen molar-refractivity contribution in [2.24, 2.45) is 17.3 Å². The zero-order chi connectivity index (χ0) is 25.6. The van der Waals surface area contributed by atoms with E-state index in [0.29, 0.717) is 6.42 Å². The number of hydrogen-bond donors (Lipinski definition) is 2. The van der Waals surface area contributed by atoms with E-state index in [2.05, 4.69) is 11.1 Å². The minimum atomic E-state index is -1.21. The van der Waals surface area contributed by atoms with Gasteiger partial charge in [0.1, 0.15) is 11.9 Å². The summed E-state index contributed by atoms with van der Waals surface area (Å²) in [5, 5.41) is 24.5. The van der Waals surface area contributed by atoms with E-state index in [0.717, 1.165) is 41.1 Å². The molecule has 0 aliphatic carbocycles. The maximum atomic E-state index is 13.2. The minimum Gasteiger partial charge on any atom is -0.457 e. The van der Waals surface area contributed by atoms with Gasteiger partial charge >= 0.3 is 5.97 Å². The molecular weight excluding hydrogens is 450 g/mol. The summed E-state index contributed by atoms with van der Waals surface area (Å²) in [7, 11) is 0. The van der Waals surface area contributed by atoms with Gasteiger partial charge in [0.15, 0.2) is 0 Å². The van der Waals surface area contributed by atoms with Crippen LogP contribution in [0.2, 0.25) is 0 Å². The number of carbonyl (C=O) groups is 2. The lowest BCUT2D eigenvalue weighted by Crippen LogP contribution is -2.45. The van der Waals surface area contributed by atoms with Crippen molar-refractivity contribution in [3.05, 3.63) is 33.3 Å². The number of ketones is 1. The summed E-state index contributed by atoms with van der Waals surface area (Å²) in [6.07, 6.45) is 4.38. The first-order valence-electron chi connectivity index (χ1n) is 12.2. The van der Waals surface area contributed by atoms with E-state index in [1.165, 1.54) is 0 Å². The van der Waals surface area contributed by atoms with Crippen LogP contribution in [-0.2, 0) is 14.3 Å². The second-order valence-electron chi connectivity index (χ2n) is 10.4. The maximum absolute atomic E-state index is 13.2. The molecule has 5 atom stereocenters. The molecule has 0 radical (unpaired) electrons. The molecule has 6 nitrogen and oxygen atoms in total. The van der Waals surface area contributed by atoms with Gasteiger partial charge < -0.3 is 14.9 Å². The second-order valence-corrected chi connectivity index (χ2v) is 11.5. The van der Waals surface area contributed by atoms with Crippen molar-refractivity contribution in [3.63, 3.8) is 0 Å². The molecular formula is C27H41NO5S. The second kappa shape index (κ2) is 12.2. The molecule has 0 fully saturated rings. The zero-order valence-electron chi connectivity index (χ0n) is 21.6. The van der Waals surface area contributed by atoms with E-state index in [9.17, 15) is 19.8 Å². The minimum absolute atomic E-state index is 0.0436. The molecule has 34 heavy (non-hydrogen) atoms. The van der Waals surface area contributed by atoms with Gasteiger partial charge in [-0.15, -0.1) is 11.3 Å². The molecule has 0 spiro atoms. The van der Waals surface area contributed by atoms with Gasteiger partial charge in [0.25, 0.3) is 0 Å². The SMILES string of the molecule is C/C1=C/CCCC(C)C(O)C(C)C(=O)C(C)(C)C(O)CC(=O)OC(/C(C)=C/c2csc(C)n2)C1. The van der Waals surface area contributed by atoms with E-state index in [4.69, 9.17) is 4.74 Å². The first kappa shape index (κ1) is 28.4. The highest BCUT2D eigenvalue weighted by molar-refractivity contribution is 7.09. The molecule has 0 saturated heterocycles. The topological polar surface area (TPSA) is 96.7 Å². The van der Waals surface area contributed by atoms with Gasteiger partial charge in [-0.1, -0.05) is 39.3 Å². The Morgan fingerprint density at radius 1 is 1.21 bits per heavy atom. The van der Waals surface area contributed by atoms with Crippen LogP contribution in [0.1, 0.15) is 84.3 Å². The van der Waals surface area contributed by atoms with Crippen LogP contribution in [0, 0.1) is 24.2 Å². The number of allylic oxidation sites excluding steroid dienone is 1. The summed E-state index contributed by atoms with van der Waals surface area (Å²) in [6.45, 7) is 12.8. The highest BCUT2D eigenvalue weighted by Gasteiger charge is 2.42. The average Bonchev–Trinajstić information content (AvgIpc) is 3.17. The number of carbonyl (C=O) groups excluding carboxylic acids is 2. The van der Waals surface area contributed by atoms with Gasteiger partial charge in [0.05, 0.1) is 34.7 Å². The normalized spacial score (nSPS) is 32.1. The largest absolute Gasteiger partial charge is 0.457 e. The molecule has 1 aromatic rings. The number of thiazole rings is 1. The summed E-state index contributed by atoms with van der Waals surface area (Å²) in [5.41, 5.74) is 1.63. The Morgan fingerprint density at radius 2 is 1.88 bits per heavy atom. The van der Waals surface area contributed by atoms with Gasteiger partial charge in [0.2, 0.25) is 0 Å². The van der Waals surface area contributed by atoms with E-state index < -0.39 is 35.6 Å². The van der Waals surface area contributed by atoms with Gasteiger partial charge in [-0.05, 0) is 57.6 Å². The van der Waals surface area contributed by atoms with Crippen LogP contribution >= 0.6 is 11.3 Å². The van der Waals surface area contributed by atoms with Crippen LogP contribution in [-0.4, -0.2) is 45.3 Å². The third-order valence-corrected chi connectivity index (χ3v) is 7.79. The molecule has 0 amide bonds. The van der Waals surface area contributed by atoms with E-state index in [1.54, 1.807) is 32.1 Å². The highest BCUT2D eigenvalue weighted by Crippen LogP contribution is 2.32. The number of esters is 1. The lowest BCUT2D eigenvalue weighted by atomic mass is 9.73. The summed E-state index contributed by atoms with van der Waals surface area (Å²) in [5.74, 6) is -1.48. The van der Waals surface area contributed by atoms with Gasteiger partial charge in [-0.2, -0.15) is 0 Å². The predicted molar refractivity (Wildman–Crippen MR) is 136 cm³/mol. The van der Waals surface area contributed by atoms with Crippen LogP contribution in [0.4, 0.5) is 0 Å². The lowest BCUT2D eigenvalue weighted by Gasteiger charge is -2.34. The van der Waals surface area contributed by atoms with Gasteiger partial charge in [0, 0.05) is 17.7 Å². The Balaban J connectivity index is 2.33. The van der Waals surface area contributed by atoms with E-state index in [1.807, 2.05) is 39.2 Å². The third-order valence-electron chi connectivity index (χ3n) is 6.99. The molecule has 7 heteroatoms. The molecule has 2 N–H and O–H groups in total. The molecule has 0 aromatic carbocycles. The number of Topliss-reactive ketones (excluding diaryl/α,β-unsaturated/α-hetero) is 1. The molecule has 1 aromatic heterocycles. The Hall–Kier alpha value is -1.83. The average molecular weight is 492 g/mol. The Kier molecular flexibility index (Phi) is 10.2. The van der Waals surface area contributed by atoms with Crippen LogP contribution in [0.25, 0.3) is 6.08 Å². The fourth-order valence-electron chi connectivity index (χ4n) is 4.42. The number of aliphatic hydroxyl groups is 2. The van der Waals surface area contributed by atoms with Crippen molar-refractivity contribution in [1.29, 1.82) is 0 Å². The molecule has 2 rings (SSSR count). The van der Waals surface area contributed by atoms with Crippen molar-refractivity contribution in [2.45, 2.75) is 98.9 Å². The Morgan fingerprint density at radius 3 is 2.50 bits per heavy atom. The van der Waals surface area contributed by atoms with Gasteiger partial charge in [-0.3, -0.25) is 9.59 Å². The number of aryl methyl sites for hydroxylation is 1. The highest BCUT2D eigenvalue weighted by atomic mass is 32.1. The number of cyclic esters (lactones) is 1. The smallest absolute Gasteiger partial charge is 0.309 e. The number of nitrogens with zero attached hydrogens (tertiary/aromatic N) is 1. The number of aliphatic hydroxyl groups excluding tert-OH is 2. The molecule has 1 aliphatic heterocycles. The fraction of sp³-hybridized carbons (Fsp3) is 0.667. The van der Waals surface area contributed by atoms with Crippen LogP contribution in [0.5, 0.6) is 0 Å². The van der Waals surface area contributed by atoms with Crippen molar-refractivity contribution >= 4 is 29.2 Å². The molecule has 2 heterocycles. The monoisotopic (exact) mass is 491 g/mol. The van der Waals surface area contributed by atoms with Crippen molar-refractivity contribution in [1.82, 2.24) is 4.98 Å². The number of hydrogen-bond acceptors (Lipinski definition) is 7. The molecule has 5 unspecified atom stereocenters. The maximum Gasteiger partial charge on any atom is 0.309 e. The number of aromatic nitrogens is 1. The Labute approximate surface area is 208 Å². The quantitative estimate of drug-likeness (QED) is 0.432. The Bertz CT molecular complexity index is 916.